The molecule has 4 nitrogen and oxygen atoms in total. The molecule has 0 saturated heterocycles. The standard InChI is InChI=1S/C34H23N2O.C20H18N.Ir/c1-21-11-14-30-29-9-6-10-31(33(29)37-34(30)36-21)32-20-26(17-18-35-32)28-16-13-25-19-24(12-15-27(25)22(28)2)23-7-4-3-5-8-23;1-14-9-10-18(20-11-15(2)16(3)13-21-20)12-19(14)17-7-5-4-6-8-17;/h3-9,11-20H,1-2H3;4-9,11-13H,1-3H3;/q2*-1;. The van der Waals surface area contributed by atoms with Gasteiger partial charge in [0.15, 0.2) is 0 Å². The van der Waals surface area contributed by atoms with Crippen molar-refractivity contribution in [2.45, 2.75) is 34.6 Å². The minimum Gasteiger partial charge on any atom is -0.486 e. The van der Waals surface area contributed by atoms with Crippen LogP contribution in [0.4, 0.5) is 0 Å². The van der Waals surface area contributed by atoms with Crippen LogP contribution in [0, 0.1) is 46.8 Å². The Kier molecular flexibility index (Phi) is 11.2. The molecule has 0 atom stereocenters. The summed E-state index contributed by atoms with van der Waals surface area (Å²) in [5.41, 5.74) is 18.2. The zero-order valence-electron chi connectivity index (χ0n) is 33.6. The Hall–Kier alpha value is -6.52. The summed E-state index contributed by atoms with van der Waals surface area (Å²) in [6, 6.07) is 57.4. The van der Waals surface area contributed by atoms with Crippen LogP contribution in [-0.4, -0.2) is 15.0 Å². The maximum atomic E-state index is 6.21. The number of benzene rings is 6. The van der Waals surface area contributed by atoms with Crippen molar-refractivity contribution in [3.63, 3.8) is 0 Å². The number of hydrogen-bond donors (Lipinski definition) is 0. The fourth-order valence-corrected chi connectivity index (χ4v) is 7.66. The van der Waals surface area contributed by atoms with Crippen LogP contribution in [0.2, 0.25) is 0 Å². The molecule has 1 radical (unpaired) electrons. The molecule has 0 N–H and O–H groups in total. The summed E-state index contributed by atoms with van der Waals surface area (Å²) in [7, 11) is 0. The molecule has 289 valence electrons. The zero-order chi connectivity index (χ0) is 39.8. The average Bonchev–Trinajstić information content (AvgIpc) is 3.63. The van der Waals surface area contributed by atoms with Gasteiger partial charge in [0.05, 0.1) is 5.58 Å². The van der Waals surface area contributed by atoms with E-state index in [9.17, 15) is 0 Å². The zero-order valence-corrected chi connectivity index (χ0v) is 36.0. The topological polar surface area (TPSA) is 51.8 Å². The Balaban J connectivity index is 0.000000188. The Morgan fingerprint density at radius 2 is 1.29 bits per heavy atom. The molecule has 0 aliphatic heterocycles. The van der Waals surface area contributed by atoms with Gasteiger partial charge < -0.3 is 14.4 Å². The molecule has 4 aromatic heterocycles. The molecule has 0 saturated carbocycles. The molecule has 0 spiro atoms. The van der Waals surface area contributed by atoms with E-state index in [1.807, 2.05) is 49.6 Å². The second-order valence-corrected chi connectivity index (χ2v) is 14.9. The molecule has 0 aliphatic rings. The Morgan fingerprint density at radius 1 is 0.525 bits per heavy atom. The number of pyridine rings is 3. The first-order valence-corrected chi connectivity index (χ1v) is 19.6. The quantitative estimate of drug-likeness (QED) is 0.161. The molecule has 0 aliphatic carbocycles. The maximum Gasteiger partial charge on any atom is 0.216 e. The molecule has 5 heteroatoms. The van der Waals surface area contributed by atoms with Gasteiger partial charge in [-0.05, 0) is 113 Å². The third-order valence-corrected chi connectivity index (χ3v) is 11.1. The Bertz CT molecular complexity index is 3120. The summed E-state index contributed by atoms with van der Waals surface area (Å²) in [4.78, 5) is 13.8. The van der Waals surface area contributed by atoms with E-state index in [1.165, 1.54) is 60.8 Å². The van der Waals surface area contributed by atoms with Crippen LogP contribution in [0.25, 0.3) is 88.7 Å². The molecule has 4 heterocycles. The number of hydrogen-bond acceptors (Lipinski definition) is 4. The first-order valence-electron chi connectivity index (χ1n) is 19.6. The van der Waals surface area contributed by atoms with E-state index in [1.54, 1.807) is 0 Å². The third kappa shape index (κ3) is 7.88. The van der Waals surface area contributed by atoms with E-state index < -0.39 is 0 Å². The second kappa shape index (κ2) is 16.8. The van der Waals surface area contributed by atoms with Crippen molar-refractivity contribution in [2.75, 3.05) is 0 Å². The number of nitrogens with zero attached hydrogens (tertiary/aromatic N) is 3. The van der Waals surface area contributed by atoms with Crippen LogP contribution in [0.15, 0.2) is 162 Å². The molecular formula is C54H41IrN3O-2. The van der Waals surface area contributed by atoms with Crippen LogP contribution in [0.3, 0.4) is 0 Å². The van der Waals surface area contributed by atoms with Crippen molar-refractivity contribution in [1.82, 2.24) is 15.0 Å². The molecular weight excluding hydrogens is 899 g/mol. The Morgan fingerprint density at radius 3 is 2.07 bits per heavy atom. The van der Waals surface area contributed by atoms with Gasteiger partial charge in [-0.1, -0.05) is 126 Å². The summed E-state index contributed by atoms with van der Waals surface area (Å²) >= 11 is 0. The summed E-state index contributed by atoms with van der Waals surface area (Å²) in [6.45, 7) is 10.5. The van der Waals surface area contributed by atoms with E-state index >= 15 is 0 Å². The van der Waals surface area contributed by atoms with E-state index in [0.717, 1.165) is 50.1 Å². The van der Waals surface area contributed by atoms with Crippen LogP contribution < -0.4 is 0 Å². The predicted octanol–water partition coefficient (Wildman–Crippen LogP) is 14.1. The monoisotopic (exact) mass is 940 g/mol. The maximum absolute atomic E-state index is 6.21. The van der Waals surface area contributed by atoms with Crippen molar-refractivity contribution < 1.29 is 24.5 Å². The van der Waals surface area contributed by atoms with Crippen LogP contribution in [0.5, 0.6) is 0 Å². The van der Waals surface area contributed by atoms with Crippen molar-refractivity contribution in [1.29, 1.82) is 0 Å². The van der Waals surface area contributed by atoms with Gasteiger partial charge in [0.25, 0.3) is 0 Å². The third-order valence-electron chi connectivity index (χ3n) is 11.1. The van der Waals surface area contributed by atoms with Crippen LogP contribution in [-0.2, 0) is 20.1 Å². The fourth-order valence-electron chi connectivity index (χ4n) is 7.66. The van der Waals surface area contributed by atoms with Gasteiger partial charge in [0.2, 0.25) is 5.71 Å². The first kappa shape index (κ1) is 39.3. The summed E-state index contributed by atoms with van der Waals surface area (Å²) in [6.07, 6.45) is 3.80. The van der Waals surface area contributed by atoms with Gasteiger partial charge in [-0.2, -0.15) is 0 Å². The largest absolute Gasteiger partial charge is 0.486 e. The van der Waals surface area contributed by atoms with E-state index in [0.29, 0.717) is 5.71 Å². The molecule has 10 rings (SSSR count). The number of aryl methyl sites for hydroxylation is 5. The predicted molar refractivity (Wildman–Crippen MR) is 240 cm³/mol. The molecule has 0 unspecified atom stereocenters. The normalized spacial score (nSPS) is 11.0. The van der Waals surface area contributed by atoms with Crippen LogP contribution >= 0.6 is 0 Å². The van der Waals surface area contributed by atoms with Crippen molar-refractivity contribution in [2.24, 2.45) is 0 Å². The van der Waals surface area contributed by atoms with Crippen molar-refractivity contribution in [3.8, 4) is 55.9 Å². The number of aromatic nitrogens is 3. The Labute approximate surface area is 359 Å². The minimum atomic E-state index is 0. The summed E-state index contributed by atoms with van der Waals surface area (Å²) < 4.78 is 6.21. The smallest absolute Gasteiger partial charge is 0.216 e. The van der Waals surface area contributed by atoms with Crippen LogP contribution in [0.1, 0.15) is 27.9 Å². The van der Waals surface area contributed by atoms with Crippen molar-refractivity contribution in [3.05, 3.63) is 198 Å². The van der Waals surface area contributed by atoms with Gasteiger partial charge in [0, 0.05) is 43.6 Å². The molecule has 0 fully saturated rings. The SMILES string of the molecule is Cc1ccc2c(n1)oc1c(-c3cc(-c4ccc5cc(-c6ccccc6)ccc5c4C)ccn3)[c-]ccc12.Cc1cnc(-c2[c-]cc(C)c(-c3ccccc3)c2)cc1C.[Ir]. The number of fused-ring (bicyclic) bond motifs is 4. The molecule has 6 aromatic carbocycles. The van der Waals surface area contributed by atoms with E-state index in [2.05, 4.69) is 165 Å². The molecule has 0 amide bonds. The van der Waals surface area contributed by atoms with E-state index in [4.69, 9.17) is 9.40 Å². The molecule has 10 aromatic rings. The fraction of sp³-hybridized carbons (Fsp3) is 0.0926. The minimum absolute atomic E-state index is 0. The van der Waals surface area contributed by atoms with Gasteiger partial charge in [-0.3, -0.25) is 0 Å². The molecule has 59 heavy (non-hydrogen) atoms. The summed E-state index contributed by atoms with van der Waals surface area (Å²) in [5, 5.41) is 4.52. The van der Waals surface area contributed by atoms with Crippen molar-refractivity contribution >= 4 is 32.8 Å². The van der Waals surface area contributed by atoms with Gasteiger partial charge in [-0.15, -0.1) is 47.5 Å². The van der Waals surface area contributed by atoms with Gasteiger partial charge in [-0.25, -0.2) is 4.98 Å². The van der Waals surface area contributed by atoms with Gasteiger partial charge in [0.1, 0.15) is 0 Å². The van der Waals surface area contributed by atoms with E-state index in [-0.39, 0.29) is 20.1 Å². The summed E-state index contributed by atoms with van der Waals surface area (Å²) in [5.74, 6) is 0. The number of furan rings is 1. The molecule has 0 bridgehead atoms. The number of rotatable bonds is 5. The van der Waals surface area contributed by atoms with Gasteiger partial charge >= 0.3 is 0 Å². The first-order chi connectivity index (χ1) is 28.3. The average molecular weight is 940 g/mol. The second-order valence-electron chi connectivity index (χ2n) is 14.9.